The van der Waals surface area contributed by atoms with Crippen LogP contribution < -0.4 is 5.73 Å². The van der Waals surface area contributed by atoms with Crippen molar-refractivity contribution < 1.29 is 14.3 Å². The Kier molecular flexibility index (Phi) is 6.84. The minimum atomic E-state index is -0.218. The van der Waals surface area contributed by atoms with Crippen molar-refractivity contribution in [1.29, 1.82) is 0 Å². The molecule has 5 nitrogen and oxygen atoms in total. The van der Waals surface area contributed by atoms with Crippen LogP contribution in [0, 0.1) is 11.8 Å². The first-order valence-electron chi connectivity index (χ1n) is 7.10. The van der Waals surface area contributed by atoms with Crippen LogP contribution in [0.25, 0.3) is 0 Å². The monoisotopic (exact) mass is 270 g/mol. The summed E-state index contributed by atoms with van der Waals surface area (Å²) in [6, 6.07) is 0. The number of hydrogen-bond acceptors (Lipinski definition) is 4. The van der Waals surface area contributed by atoms with Crippen molar-refractivity contribution in [2.75, 3.05) is 27.2 Å². The average molecular weight is 270 g/mol. The molecule has 0 heterocycles. The van der Waals surface area contributed by atoms with Gasteiger partial charge in [-0.3, -0.25) is 9.59 Å². The first-order valence-corrected chi connectivity index (χ1v) is 7.10. The van der Waals surface area contributed by atoms with E-state index in [-0.39, 0.29) is 17.8 Å². The van der Waals surface area contributed by atoms with Crippen molar-refractivity contribution in [2.45, 2.75) is 38.5 Å². The van der Waals surface area contributed by atoms with Crippen LogP contribution in [0.1, 0.15) is 38.5 Å². The highest BCUT2D eigenvalue weighted by Crippen LogP contribution is 2.29. The van der Waals surface area contributed by atoms with E-state index in [1.54, 1.807) is 4.90 Å². The minimum Gasteiger partial charge on any atom is -0.469 e. The molecule has 0 radical (unpaired) electrons. The molecule has 1 fully saturated rings. The largest absolute Gasteiger partial charge is 0.469 e. The van der Waals surface area contributed by atoms with Crippen LogP contribution in [0.5, 0.6) is 0 Å². The predicted octanol–water partition coefficient (Wildman–Crippen LogP) is 1.16. The van der Waals surface area contributed by atoms with Crippen LogP contribution in [-0.2, 0) is 14.3 Å². The molecular formula is C14H26N2O3. The Balaban J connectivity index is 2.26. The van der Waals surface area contributed by atoms with Gasteiger partial charge in [0.25, 0.3) is 0 Å². The number of hydrogen-bond donors (Lipinski definition) is 1. The molecule has 5 heteroatoms. The van der Waals surface area contributed by atoms with Gasteiger partial charge in [-0.15, -0.1) is 0 Å². The fourth-order valence-corrected chi connectivity index (χ4v) is 2.63. The average Bonchev–Trinajstić information content (AvgIpc) is 2.46. The van der Waals surface area contributed by atoms with Crippen LogP contribution in [0.4, 0.5) is 0 Å². The van der Waals surface area contributed by atoms with Gasteiger partial charge in [-0.05, 0) is 44.6 Å². The molecule has 1 amide bonds. The zero-order valence-electron chi connectivity index (χ0n) is 12.1. The third kappa shape index (κ3) is 5.19. The van der Waals surface area contributed by atoms with Crippen LogP contribution >= 0.6 is 0 Å². The number of methoxy groups -OCH3 is 1. The molecule has 1 aliphatic carbocycles. The summed E-state index contributed by atoms with van der Waals surface area (Å²) in [5.41, 5.74) is 5.65. The Morgan fingerprint density at radius 2 is 1.89 bits per heavy atom. The van der Waals surface area contributed by atoms with Gasteiger partial charge in [0.2, 0.25) is 5.91 Å². The molecule has 19 heavy (non-hydrogen) atoms. The fraction of sp³-hybridized carbons (Fsp3) is 0.857. The predicted molar refractivity (Wildman–Crippen MR) is 73.4 cm³/mol. The normalized spacial score (nSPS) is 22.9. The second-order valence-electron chi connectivity index (χ2n) is 5.39. The summed E-state index contributed by atoms with van der Waals surface area (Å²) in [5, 5.41) is 0. The highest BCUT2D eigenvalue weighted by Gasteiger charge is 2.27. The maximum atomic E-state index is 12.2. The highest BCUT2D eigenvalue weighted by molar-refractivity contribution is 5.78. The van der Waals surface area contributed by atoms with Gasteiger partial charge in [0.05, 0.1) is 7.11 Å². The van der Waals surface area contributed by atoms with Crippen molar-refractivity contribution in [3.63, 3.8) is 0 Å². The van der Waals surface area contributed by atoms with Gasteiger partial charge in [-0.1, -0.05) is 0 Å². The zero-order valence-corrected chi connectivity index (χ0v) is 12.1. The first-order chi connectivity index (χ1) is 9.08. The third-order valence-corrected chi connectivity index (χ3v) is 4.01. The number of esters is 1. The summed E-state index contributed by atoms with van der Waals surface area (Å²) < 4.78 is 4.58. The van der Waals surface area contributed by atoms with E-state index in [9.17, 15) is 9.59 Å². The third-order valence-electron chi connectivity index (χ3n) is 4.01. The molecule has 0 unspecified atom stereocenters. The first kappa shape index (κ1) is 16.0. The number of ether oxygens (including phenoxy) is 1. The van der Waals surface area contributed by atoms with Crippen molar-refractivity contribution in [3.8, 4) is 0 Å². The smallest absolute Gasteiger partial charge is 0.305 e. The summed E-state index contributed by atoms with van der Waals surface area (Å²) >= 11 is 0. The van der Waals surface area contributed by atoms with Crippen molar-refractivity contribution in [3.05, 3.63) is 0 Å². The van der Waals surface area contributed by atoms with Crippen molar-refractivity contribution >= 4 is 11.9 Å². The van der Waals surface area contributed by atoms with Gasteiger partial charge in [0.15, 0.2) is 0 Å². The second-order valence-corrected chi connectivity index (χ2v) is 5.39. The Morgan fingerprint density at radius 1 is 1.26 bits per heavy atom. The van der Waals surface area contributed by atoms with Crippen LogP contribution in [-0.4, -0.2) is 44.0 Å². The number of carbonyl (C=O) groups is 2. The van der Waals surface area contributed by atoms with E-state index in [4.69, 9.17) is 5.73 Å². The van der Waals surface area contributed by atoms with Crippen molar-refractivity contribution in [1.82, 2.24) is 4.90 Å². The maximum absolute atomic E-state index is 12.2. The molecule has 0 saturated heterocycles. The van der Waals surface area contributed by atoms with E-state index in [0.29, 0.717) is 25.3 Å². The highest BCUT2D eigenvalue weighted by atomic mass is 16.5. The Morgan fingerprint density at radius 3 is 2.42 bits per heavy atom. The topological polar surface area (TPSA) is 72.6 Å². The molecule has 0 aromatic heterocycles. The lowest BCUT2D eigenvalue weighted by Crippen LogP contribution is -2.36. The van der Waals surface area contributed by atoms with E-state index < -0.39 is 0 Å². The summed E-state index contributed by atoms with van der Waals surface area (Å²) in [7, 11) is 3.20. The lowest BCUT2D eigenvalue weighted by molar-refractivity contribution is -0.141. The van der Waals surface area contributed by atoms with E-state index in [1.165, 1.54) is 7.11 Å². The second kappa shape index (κ2) is 8.15. The van der Waals surface area contributed by atoms with Gasteiger partial charge in [0, 0.05) is 25.9 Å². The van der Waals surface area contributed by atoms with Gasteiger partial charge in [-0.2, -0.15) is 0 Å². The quantitative estimate of drug-likeness (QED) is 0.735. The number of carbonyl (C=O) groups excluding carboxylic acids is 2. The summed E-state index contributed by atoms with van der Waals surface area (Å²) in [5.74, 6) is 0.726. The summed E-state index contributed by atoms with van der Waals surface area (Å²) in [6.45, 7) is 1.35. The Hall–Kier alpha value is -1.10. The fourth-order valence-electron chi connectivity index (χ4n) is 2.63. The van der Waals surface area contributed by atoms with Crippen LogP contribution in [0.15, 0.2) is 0 Å². The van der Waals surface area contributed by atoms with Gasteiger partial charge >= 0.3 is 5.97 Å². The summed E-state index contributed by atoms with van der Waals surface area (Å²) in [4.78, 5) is 25.0. The summed E-state index contributed by atoms with van der Waals surface area (Å²) in [6.07, 6.45) is 5.04. The zero-order chi connectivity index (χ0) is 14.3. The van der Waals surface area contributed by atoms with Crippen LogP contribution in [0.3, 0.4) is 0 Å². The number of nitrogens with zero attached hydrogens (tertiary/aromatic N) is 1. The molecule has 0 atom stereocenters. The lowest BCUT2D eigenvalue weighted by Gasteiger charge is -2.30. The molecule has 1 rings (SSSR count). The number of amides is 1. The SMILES string of the molecule is COC(=O)CCCN(C)C(=O)C1CCC(CN)CC1. The molecule has 0 bridgehead atoms. The molecular weight excluding hydrogens is 244 g/mol. The molecule has 110 valence electrons. The molecule has 0 aromatic rings. The molecule has 1 saturated carbocycles. The Labute approximate surface area is 115 Å². The van der Waals surface area contributed by atoms with E-state index in [1.807, 2.05) is 7.05 Å². The molecule has 0 aliphatic heterocycles. The van der Waals surface area contributed by atoms with E-state index in [2.05, 4.69) is 4.74 Å². The standard InChI is InChI=1S/C14H26N2O3/c1-16(9-3-4-13(17)19-2)14(18)12-7-5-11(10-15)6-8-12/h11-12H,3-10,15H2,1-2H3. The van der Waals surface area contributed by atoms with Gasteiger partial charge < -0.3 is 15.4 Å². The maximum Gasteiger partial charge on any atom is 0.305 e. The van der Waals surface area contributed by atoms with Crippen molar-refractivity contribution in [2.24, 2.45) is 17.6 Å². The van der Waals surface area contributed by atoms with Gasteiger partial charge in [0.1, 0.15) is 0 Å². The minimum absolute atomic E-state index is 0.144. The van der Waals surface area contributed by atoms with E-state index in [0.717, 1.165) is 32.2 Å². The van der Waals surface area contributed by atoms with Gasteiger partial charge in [-0.25, -0.2) is 0 Å². The number of rotatable bonds is 6. The Bertz CT molecular complexity index is 299. The van der Waals surface area contributed by atoms with E-state index >= 15 is 0 Å². The number of nitrogens with two attached hydrogens (primary N) is 1. The molecule has 1 aliphatic rings. The van der Waals surface area contributed by atoms with Crippen LogP contribution in [0.2, 0.25) is 0 Å². The molecule has 2 N–H and O–H groups in total. The molecule has 0 aromatic carbocycles. The lowest BCUT2D eigenvalue weighted by atomic mass is 9.81. The molecule has 0 spiro atoms.